The third-order valence-corrected chi connectivity index (χ3v) is 3.85. The lowest BCUT2D eigenvalue weighted by Crippen LogP contribution is -3.11. The Hall–Kier alpha value is -3.39. The van der Waals surface area contributed by atoms with Crippen molar-refractivity contribution in [3.63, 3.8) is 0 Å². The van der Waals surface area contributed by atoms with Gasteiger partial charge >= 0.3 is 6.03 Å². The average molecular weight is 385 g/mol. The van der Waals surface area contributed by atoms with Crippen LogP contribution in [-0.4, -0.2) is 45.1 Å². The van der Waals surface area contributed by atoms with E-state index in [0.29, 0.717) is 22.9 Å². The molecule has 0 aliphatic rings. The Morgan fingerprint density at radius 3 is 2.21 bits per heavy atom. The summed E-state index contributed by atoms with van der Waals surface area (Å²) >= 11 is 0. The number of likely N-dealkylation sites (N-methyl/N-ethyl adjacent to an activating group) is 1. The summed E-state index contributed by atoms with van der Waals surface area (Å²) in [5, 5.41) is 7.63. The van der Waals surface area contributed by atoms with Gasteiger partial charge in [0.1, 0.15) is 5.75 Å². The molecule has 0 aromatic heterocycles. The zero-order valence-electron chi connectivity index (χ0n) is 16.0. The quantitative estimate of drug-likeness (QED) is 0.521. The third-order valence-electron chi connectivity index (χ3n) is 3.85. The van der Waals surface area contributed by atoms with Gasteiger partial charge in [-0.3, -0.25) is 14.9 Å². The highest BCUT2D eigenvalue weighted by atomic mass is 16.5. The molecule has 8 nitrogen and oxygen atoms in total. The van der Waals surface area contributed by atoms with Crippen LogP contribution in [0.3, 0.4) is 0 Å². The van der Waals surface area contributed by atoms with Crippen LogP contribution in [0.2, 0.25) is 0 Å². The average Bonchev–Trinajstić information content (AvgIpc) is 2.67. The normalized spacial score (nSPS) is 11.2. The Balaban J connectivity index is 1.69. The topological polar surface area (TPSA) is 101 Å². The standard InChI is InChI=1S/C20H24N4O4/c1-24(13-18(25)22-16-8-10-17(28-2)11-9-16)14-19(26)23-20(27)21-12-15-6-4-3-5-7-15/h3-11H,12-14H2,1-2H3,(H,22,25)(H2,21,23,26,27)/p+1. The SMILES string of the molecule is COc1ccc(NC(=O)C[NH+](C)CC(=O)NC(=O)NCc2ccccc2)cc1. The molecule has 0 aliphatic carbocycles. The number of hydrogen-bond acceptors (Lipinski definition) is 4. The fourth-order valence-electron chi connectivity index (χ4n) is 2.48. The molecule has 0 fully saturated rings. The predicted octanol–water partition coefficient (Wildman–Crippen LogP) is 0.174. The van der Waals surface area contributed by atoms with E-state index in [9.17, 15) is 14.4 Å². The number of benzene rings is 2. The van der Waals surface area contributed by atoms with Crippen molar-refractivity contribution < 1.29 is 24.0 Å². The smallest absolute Gasteiger partial charge is 0.321 e. The van der Waals surface area contributed by atoms with Crippen molar-refractivity contribution in [3.8, 4) is 5.75 Å². The maximum absolute atomic E-state index is 12.1. The number of urea groups is 1. The number of anilines is 1. The second-order valence-corrected chi connectivity index (χ2v) is 6.30. The van der Waals surface area contributed by atoms with Gasteiger partial charge in [-0.2, -0.15) is 0 Å². The molecule has 0 saturated carbocycles. The number of hydrogen-bond donors (Lipinski definition) is 4. The largest absolute Gasteiger partial charge is 0.497 e. The van der Waals surface area contributed by atoms with Crippen molar-refractivity contribution in [2.45, 2.75) is 6.54 Å². The van der Waals surface area contributed by atoms with Crippen molar-refractivity contribution in [1.29, 1.82) is 0 Å². The first kappa shape index (κ1) is 20.9. The minimum absolute atomic E-state index is 0.00517. The molecule has 2 aromatic rings. The van der Waals surface area contributed by atoms with E-state index in [1.807, 2.05) is 30.3 Å². The number of quaternary nitrogens is 1. The minimum Gasteiger partial charge on any atom is -0.497 e. The number of methoxy groups -OCH3 is 1. The van der Waals surface area contributed by atoms with E-state index in [1.54, 1.807) is 38.4 Å². The van der Waals surface area contributed by atoms with Crippen LogP contribution in [0.1, 0.15) is 5.56 Å². The molecule has 4 N–H and O–H groups in total. The van der Waals surface area contributed by atoms with E-state index in [4.69, 9.17) is 4.74 Å². The van der Waals surface area contributed by atoms with Gasteiger partial charge in [-0.15, -0.1) is 0 Å². The fraction of sp³-hybridized carbons (Fsp3) is 0.250. The van der Waals surface area contributed by atoms with Crippen LogP contribution in [-0.2, 0) is 16.1 Å². The first-order chi connectivity index (χ1) is 13.5. The molecule has 28 heavy (non-hydrogen) atoms. The summed E-state index contributed by atoms with van der Waals surface area (Å²) in [6, 6.07) is 15.8. The van der Waals surface area contributed by atoms with E-state index >= 15 is 0 Å². The second-order valence-electron chi connectivity index (χ2n) is 6.30. The Bertz CT molecular complexity index is 794. The van der Waals surface area contributed by atoms with E-state index < -0.39 is 11.9 Å². The lowest BCUT2D eigenvalue weighted by atomic mass is 10.2. The Morgan fingerprint density at radius 1 is 0.929 bits per heavy atom. The molecule has 0 spiro atoms. The van der Waals surface area contributed by atoms with Crippen molar-refractivity contribution in [2.24, 2.45) is 0 Å². The molecule has 8 heteroatoms. The fourth-order valence-corrected chi connectivity index (χ4v) is 2.48. The Labute approximate surface area is 163 Å². The van der Waals surface area contributed by atoms with Gasteiger partial charge in [0.25, 0.3) is 11.8 Å². The molecular weight excluding hydrogens is 360 g/mol. The molecule has 2 aromatic carbocycles. The van der Waals surface area contributed by atoms with Gasteiger partial charge in [0, 0.05) is 12.2 Å². The monoisotopic (exact) mass is 385 g/mol. The molecule has 0 heterocycles. The number of rotatable bonds is 8. The molecule has 0 radical (unpaired) electrons. The molecule has 1 unspecified atom stereocenters. The van der Waals surface area contributed by atoms with E-state index in [0.717, 1.165) is 5.56 Å². The minimum atomic E-state index is -0.565. The van der Waals surface area contributed by atoms with Crippen LogP contribution >= 0.6 is 0 Å². The first-order valence-electron chi connectivity index (χ1n) is 8.83. The molecule has 0 bridgehead atoms. The molecule has 1 atom stereocenters. The first-order valence-corrected chi connectivity index (χ1v) is 8.83. The maximum Gasteiger partial charge on any atom is 0.321 e. The van der Waals surface area contributed by atoms with Crippen LogP contribution in [0.4, 0.5) is 10.5 Å². The van der Waals surface area contributed by atoms with Gasteiger partial charge in [0.2, 0.25) is 0 Å². The van der Waals surface area contributed by atoms with Gasteiger partial charge < -0.3 is 20.3 Å². The zero-order valence-corrected chi connectivity index (χ0v) is 16.0. The predicted molar refractivity (Wildman–Crippen MR) is 105 cm³/mol. The highest BCUT2D eigenvalue weighted by Gasteiger charge is 2.16. The number of amides is 4. The molecule has 0 saturated heterocycles. The van der Waals surface area contributed by atoms with Crippen molar-refractivity contribution in [3.05, 3.63) is 60.2 Å². The van der Waals surface area contributed by atoms with Gasteiger partial charge in [0.15, 0.2) is 13.1 Å². The van der Waals surface area contributed by atoms with E-state index in [1.165, 1.54) is 0 Å². The van der Waals surface area contributed by atoms with Gasteiger partial charge in [-0.05, 0) is 29.8 Å². The Morgan fingerprint density at radius 2 is 1.57 bits per heavy atom. The van der Waals surface area contributed by atoms with Crippen molar-refractivity contribution in [1.82, 2.24) is 10.6 Å². The second kappa shape index (κ2) is 10.7. The molecule has 2 rings (SSSR count). The zero-order chi connectivity index (χ0) is 20.4. The van der Waals surface area contributed by atoms with Crippen LogP contribution in [0.15, 0.2) is 54.6 Å². The number of imide groups is 1. The van der Waals surface area contributed by atoms with Crippen LogP contribution in [0.25, 0.3) is 0 Å². The highest BCUT2D eigenvalue weighted by molar-refractivity contribution is 5.95. The molecule has 148 valence electrons. The molecule has 0 aliphatic heterocycles. The number of carbonyl (C=O) groups is 3. The summed E-state index contributed by atoms with van der Waals surface area (Å²) in [5.41, 5.74) is 1.58. The van der Waals surface area contributed by atoms with Crippen molar-refractivity contribution >= 4 is 23.5 Å². The number of nitrogens with one attached hydrogen (secondary N) is 4. The maximum atomic E-state index is 12.1. The Kier molecular flexibility index (Phi) is 7.98. The van der Waals surface area contributed by atoms with Crippen molar-refractivity contribution in [2.75, 3.05) is 32.6 Å². The summed E-state index contributed by atoms with van der Waals surface area (Å²) in [6.07, 6.45) is 0. The van der Waals surface area contributed by atoms with E-state index in [2.05, 4.69) is 16.0 Å². The number of carbonyl (C=O) groups excluding carboxylic acids is 3. The summed E-state index contributed by atoms with van der Waals surface area (Å²) < 4.78 is 5.06. The van der Waals surface area contributed by atoms with Crippen LogP contribution < -0.4 is 25.6 Å². The van der Waals surface area contributed by atoms with Crippen LogP contribution in [0.5, 0.6) is 5.75 Å². The van der Waals surface area contributed by atoms with Gasteiger partial charge in [-0.1, -0.05) is 30.3 Å². The highest BCUT2D eigenvalue weighted by Crippen LogP contribution is 2.14. The van der Waals surface area contributed by atoms with Gasteiger partial charge in [0.05, 0.1) is 14.2 Å². The number of ether oxygens (including phenoxy) is 1. The molecule has 4 amide bonds. The van der Waals surface area contributed by atoms with Crippen LogP contribution in [0, 0.1) is 0 Å². The summed E-state index contributed by atoms with van der Waals surface area (Å²) in [6.45, 7) is 0.410. The third kappa shape index (κ3) is 7.46. The van der Waals surface area contributed by atoms with Gasteiger partial charge in [-0.25, -0.2) is 4.79 Å². The lowest BCUT2D eigenvalue weighted by Gasteiger charge is -2.14. The summed E-state index contributed by atoms with van der Waals surface area (Å²) in [7, 11) is 3.27. The summed E-state index contributed by atoms with van der Waals surface area (Å²) in [5.74, 6) is 0.00672. The van der Waals surface area contributed by atoms with E-state index in [-0.39, 0.29) is 19.0 Å². The summed E-state index contributed by atoms with van der Waals surface area (Å²) in [4.78, 5) is 36.4. The lowest BCUT2D eigenvalue weighted by molar-refractivity contribution is -0.862. The molecular formula is C20H25N4O4+.